The van der Waals surface area contributed by atoms with Crippen molar-refractivity contribution in [2.45, 2.75) is 49.1 Å². The molecule has 0 bridgehead atoms. The molecule has 0 amide bonds. The molecular formula is C19H21N3O4S. The Morgan fingerprint density at radius 1 is 1.22 bits per heavy atom. The minimum atomic E-state index is -3.75. The largest absolute Gasteiger partial charge is 0.377 e. The van der Waals surface area contributed by atoms with Crippen molar-refractivity contribution in [1.29, 1.82) is 5.26 Å². The Bertz CT molecular complexity index is 936. The highest BCUT2D eigenvalue weighted by atomic mass is 32.2. The van der Waals surface area contributed by atoms with E-state index in [0.29, 0.717) is 23.8 Å². The van der Waals surface area contributed by atoms with Gasteiger partial charge in [-0.25, -0.2) is 8.42 Å². The molecule has 142 valence electrons. The Morgan fingerprint density at radius 3 is 2.63 bits per heavy atom. The molecule has 1 aromatic heterocycles. The fraction of sp³-hybridized carbons (Fsp3) is 0.474. The smallest absolute Gasteiger partial charge is 0.243 e. The standard InChI is InChI=1S/C19H21N3O4S/c20-11-14-3-7-18(8-4-14)27(23,24)22(12-16-2-1-9-25-16)13-17-10-19(21-26-17)15-5-6-15/h3-4,7-8,10,15-16H,1-2,5-6,9,12-13H2. The molecule has 1 saturated heterocycles. The zero-order chi connectivity index (χ0) is 18.9. The van der Waals surface area contributed by atoms with E-state index < -0.39 is 10.0 Å². The predicted octanol–water partition coefficient (Wildman–Crippen LogP) is 2.79. The topological polar surface area (TPSA) is 96.4 Å². The van der Waals surface area contributed by atoms with Crippen LogP contribution in [0.2, 0.25) is 0 Å². The lowest BCUT2D eigenvalue weighted by Crippen LogP contribution is -2.36. The highest BCUT2D eigenvalue weighted by molar-refractivity contribution is 7.89. The third-order valence-corrected chi connectivity index (χ3v) is 6.78. The normalized spacial score (nSPS) is 20.1. The summed E-state index contributed by atoms with van der Waals surface area (Å²) >= 11 is 0. The molecule has 8 heteroatoms. The highest BCUT2D eigenvalue weighted by Crippen LogP contribution is 2.39. The van der Waals surface area contributed by atoms with Crippen molar-refractivity contribution in [2.75, 3.05) is 13.2 Å². The monoisotopic (exact) mass is 387 g/mol. The lowest BCUT2D eigenvalue weighted by molar-refractivity contribution is 0.0909. The summed E-state index contributed by atoms with van der Waals surface area (Å²) in [5.41, 5.74) is 1.32. The summed E-state index contributed by atoms with van der Waals surface area (Å²) in [5.74, 6) is 0.983. The predicted molar refractivity (Wildman–Crippen MR) is 96.2 cm³/mol. The molecular weight excluding hydrogens is 366 g/mol. The first-order valence-electron chi connectivity index (χ1n) is 9.13. The quantitative estimate of drug-likeness (QED) is 0.725. The second kappa shape index (κ2) is 7.43. The van der Waals surface area contributed by atoms with E-state index in [2.05, 4.69) is 5.16 Å². The van der Waals surface area contributed by atoms with Gasteiger partial charge in [-0.3, -0.25) is 0 Å². The first-order chi connectivity index (χ1) is 13.1. The number of benzene rings is 1. The molecule has 0 N–H and O–H groups in total. The molecule has 2 aliphatic rings. The lowest BCUT2D eigenvalue weighted by Gasteiger charge is -2.23. The van der Waals surface area contributed by atoms with E-state index in [-0.39, 0.29) is 24.1 Å². The summed E-state index contributed by atoms with van der Waals surface area (Å²) < 4.78 is 38.8. The molecule has 0 spiro atoms. The Kier molecular flexibility index (Phi) is 5.00. The second-order valence-corrected chi connectivity index (χ2v) is 9.00. The molecule has 1 unspecified atom stereocenters. The van der Waals surface area contributed by atoms with Crippen LogP contribution in [0.4, 0.5) is 0 Å². The summed E-state index contributed by atoms with van der Waals surface area (Å²) in [4.78, 5) is 0.154. The number of nitriles is 1. The van der Waals surface area contributed by atoms with Crippen molar-refractivity contribution in [3.63, 3.8) is 0 Å². The summed E-state index contributed by atoms with van der Waals surface area (Å²) in [5, 5.41) is 13.0. The number of aromatic nitrogens is 1. The van der Waals surface area contributed by atoms with Crippen molar-refractivity contribution < 1.29 is 17.7 Å². The van der Waals surface area contributed by atoms with Gasteiger partial charge in [-0.1, -0.05) is 5.16 Å². The third-order valence-electron chi connectivity index (χ3n) is 4.96. The van der Waals surface area contributed by atoms with Crippen LogP contribution in [0.3, 0.4) is 0 Å². The van der Waals surface area contributed by atoms with Crippen LogP contribution in [0.1, 0.15) is 48.6 Å². The van der Waals surface area contributed by atoms with E-state index in [9.17, 15) is 8.42 Å². The second-order valence-electron chi connectivity index (χ2n) is 7.06. The van der Waals surface area contributed by atoms with Gasteiger partial charge in [0.15, 0.2) is 5.76 Å². The average Bonchev–Trinajstić information content (AvgIpc) is 3.20. The van der Waals surface area contributed by atoms with Crippen molar-refractivity contribution in [3.05, 3.63) is 47.3 Å². The van der Waals surface area contributed by atoms with Gasteiger partial charge in [0.2, 0.25) is 10.0 Å². The van der Waals surface area contributed by atoms with Crippen LogP contribution in [0.25, 0.3) is 0 Å². The van der Waals surface area contributed by atoms with Gasteiger partial charge in [-0.05, 0) is 49.9 Å². The molecule has 27 heavy (non-hydrogen) atoms. The maximum absolute atomic E-state index is 13.2. The van der Waals surface area contributed by atoms with E-state index in [1.54, 1.807) is 0 Å². The molecule has 1 aliphatic carbocycles. The van der Waals surface area contributed by atoms with Crippen molar-refractivity contribution in [2.24, 2.45) is 0 Å². The Labute approximate surface area is 158 Å². The van der Waals surface area contributed by atoms with Gasteiger partial charge in [0.05, 0.1) is 34.9 Å². The van der Waals surface area contributed by atoms with Gasteiger partial charge < -0.3 is 9.26 Å². The summed E-state index contributed by atoms with van der Waals surface area (Å²) in [6, 6.07) is 9.81. The molecule has 4 rings (SSSR count). The maximum atomic E-state index is 13.2. The van der Waals surface area contributed by atoms with Gasteiger partial charge in [-0.2, -0.15) is 9.57 Å². The van der Waals surface area contributed by atoms with Crippen LogP contribution in [-0.2, 0) is 21.3 Å². The molecule has 0 radical (unpaired) electrons. The first-order valence-corrected chi connectivity index (χ1v) is 10.6. The van der Waals surface area contributed by atoms with Crippen molar-refractivity contribution in [3.8, 4) is 6.07 Å². The first kappa shape index (κ1) is 18.2. The van der Waals surface area contributed by atoms with Crippen molar-refractivity contribution in [1.82, 2.24) is 9.46 Å². The third kappa shape index (κ3) is 4.05. The number of hydrogen-bond acceptors (Lipinski definition) is 6. The van der Waals surface area contributed by atoms with Gasteiger partial charge >= 0.3 is 0 Å². The Morgan fingerprint density at radius 2 is 2.00 bits per heavy atom. The molecule has 2 fully saturated rings. The van der Waals surface area contributed by atoms with Crippen LogP contribution >= 0.6 is 0 Å². The van der Waals surface area contributed by atoms with Gasteiger partial charge in [0.1, 0.15) is 0 Å². The molecule has 2 aromatic rings. The molecule has 1 atom stereocenters. The number of hydrogen-bond donors (Lipinski definition) is 0. The zero-order valence-corrected chi connectivity index (χ0v) is 15.7. The fourth-order valence-corrected chi connectivity index (χ4v) is 4.70. The van der Waals surface area contributed by atoms with Crippen molar-refractivity contribution >= 4 is 10.0 Å². The van der Waals surface area contributed by atoms with Crippen LogP contribution in [0.15, 0.2) is 39.8 Å². The van der Waals surface area contributed by atoms with Crippen LogP contribution < -0.4 is 0 Å². The lowest BCUT2D eigenvalue weighted by atomic mass is 10.2. The van der Waals surface area contributed by atoms with Crippen LogP contribution in [0, 0.1) is 11.3 Å². The highest BCUT2D eigenvalue weighted by Gasteiger charge is 2.32. The molecule has 1 aromatic carbocycles. The number of nitrogens with zero attached hydrogens (tertiary/aromatic N) is 3. The molecule has 2 heterocycles. The van der Waals surface area contributed by atoms with Crippen LogP contribution in [-0.4, -0.2) is 37.1 Å². The van der Waals surface area contributed by atoms with Gasteiger partial charge in [0, 0.05) is 25.1 Å². The fourth-order valence-electron chi connectivity index (χ4n) is 3.26. The summed E-state index contributed by atoms with van der Waals surface area (Å²) in [7, 11) is -3.75. The minimum Gasteiger partial charge on any atom is -0.377 e. The minimum absolute atomic E-state index is 0.113. The van der Waals surface area contributed by atoms with E-state index >= 15 is 0 Å². The van der Waals surface area contributed by atoms with Crippen LogP contribution in [0.5, 0.6) is 0 Å². The molecule has 1 saturated carbocycles. The summed E-state index contributed by atoms with van der Waals surface area (Å²) in [6.45, 7) is 1.03. The van der Waals surface area contributed by atoms with Gasteiger partial charge in [0.25, 0.3) is 0 Å². The molecule has 7 nitrogen and oxygen atoms in total. The SMILES string of the molecule is N#Cc1ccc(S(=O)(=O)N(Cc2cc(C3CC3)no2)CC2CCCO2)cc1. The Balaban J connectivity index is 1.59. The van der Waals surface area contributed by atoms with Gasteiger partial charge in [-0.15, -0.1) is 0 Å². The summed E-state index contributed by atoms with van der Waals surface area (Å²) in [6.07, 6.45) is 3.86. The van der Waals surface area contributed by atoms with E-state index in [1.807, 2.05) is 12.1 Å². The maximum Gasteiger partial charge on any atom is 0.243 e. The molecule has 1 aliphatic heterocycles. The zero-order valence-electron chi connectivity index (χ0n) is 14.9. The number of ether oxygens (including phenoxy) is 1. The van der Waals surface area contributed by atoms with E-state index in [1.165, 1.54) is 28.6 Å². The number of rotatable bonds is 7. The number of sulfonamides is 1. The van der Waals surface area contributed by atoms with E-state index in [4.69, 9.17) is 14.5 Å². The average molecular weight is 387 g/mol. The Hall–Kier alpha value is -2.21. The van der Waals surface area contributed by atoms with E-state index in [0.717, 1.165) is 31.4 Å².